The molecule has 0 rings (SSSR count). The predicted molar refractivity (Wildman–Crippen MR) is 92.0 cm³/mol. The zero-order chi connectivity index (χ0) is 19.3. The van der Waals surface area contributed by atoms with Gasteiger partial charge in [0.05, 0.1) is 13.2 Å². The van der Waals surface area contributed by atoms with Crippen molar-refractivity contribution in [3.8, 4) is 0 Å². The molecule has 0 aliphatic carbocycles. The number of hydrogen-bond donors (Lipinski definition) is 9. The van der Waals surface area contributed by atoms with Crippen LogP contribution in [0.25, 0.3) is 0 Å². The van der Waals surface area contributed by atoms with Crippen molar-refractivity contribution in [2.75, 3.05) is 19.8 Å². The summed E-state index contributed by atoms with van der Waals surface area (Å²) in [5.41, 5.74) is -4.51. The summed E-state index contributed by atoms with van der Waals surface area (Å²) >= 11 is 11.5. The number of carbonyl (C=O) groups is 3. The summed E-state index contributed by atoms with van der Waals surface area (Å²) in [6.45, 7) is -2.74. The fourth-order valence-corrected chi connectivity index (χ4v) is 4.91. The van der Waals surface area contributed by atoms with Gasteiger partial charge in [-0.1, -0.05) is 0 Å². The summed E-state index contributed by atoms with van der Waals surface area (Å²) < 4.78 is 0. The Balaban J connectivity index is 6.96. The molecule has 3 unspecified atom stereocenters. The number of thiol groups is 3. The number of hydrogen-bond acceptors (Lipinski definition) is 9. The van der Waals surface area contributed by atoms with Gasteiger partial charge in [-0.05, 0) is 6.42 Å². The van der Waals surface area contributed by atoms with E-state index in [1.165, 1.54) is 0 Å². The highest BCUT2D eigenvalue weighted by Gasteiger charge is 2.66. The Morgan fingerprint density at radius 2 is 1.04 bits per heavy atom. The number of aliphatic carboxylic acids is 3. The number of carboxylic acids is 3. The first kappa shape index (κ1) is 23.3. The molecule has 0 aliphatic rings. The molecule has 0 radical (unpaired) electrons. The van der Waals surface area contributed by atoms with Crippen LogP contribution >= 0.6 is 37.9 Å². The van der Waals surface area contributed by atoms with Crippen molar-refractivity contribution in [2.24, 2.45) is 10.8 Å². The minimum Gasteiger partial charge on any atom is -0.480 e. The van der Waals surface area contributed by atoms with E-state index in [2.05, 4.69) is 37.9 Å². The largest absolute Gasteiger partial charge is 0.480 e. The molecule has 9 nitrogen and oxygen atoms in total. The molecule has 24 heavy (non-hydrogen) atoms. The SMILES string of the molecule is O=C(O)C(S)C(C(S)C(=O)O)(C(S)C(=O)O)C(CO)(CO)CCO. The Hall–Kier alpha value is -0.660. The molecule has 0 spiro atoms. The highest BCUT2D eigenvalue weighted by molar-refractivity contribution is 7.84. The van der Waals surface area contributed by atoms with Gasteiger partial charge in [0.15, 0.2) is 0 Å². The van der Waals surface area contributed by atoms with Gasteiger partial charge in [0.2, 0.25) is 0 Å². The van der Waals surface area contributed by atoms with E-state index in [4.69, 9.17) is 0 Å². The van der Waals surface area contributed by atoms with Gasteiger partial charge < -0.3 is 30.6 Å². The lowest BCUT2D eigenvalue weighted by atomic mass is 9.56. The minimum absolute atomic E-state index is 0.501. The monoisotopic (exact) mass is 404 g/mol. The molecule has 0 aromatic heterocycles. The predicted octanol–water partition coefficient (Wildman–Crippen LogP) is -1.52. The zero-order valence-corrected chi connectivity index (χ0v) is 15.0. The third-order valence-electron chi connectivity index (χ3n) is 4.17. The zero-order valence-electron chi connectivity index (χ0n) is 12.3. The van der Waals surface area contributed by atoms with Crippen LogP contribution in [0.3, 0.4) is 0 Å². The van der Waals surface area contributed by atoms with E-state index >= 15 is 0 Å². The van der Waals surface area contributed by atoms with Gasteiger partial charge in [0.25, 0.3) is 0 Å². The summed E-state index contributed by atoms with van der Waals surface area (Å²) in [7, 11) is 0. The molecule has 0 aromatic rings. The lowest BCUT2D eigenvalue weighted by molar-refractivity contribution is -0.158. The van der Waals surface area contributed by atoms with Crippen molar-refractivity contribution in [1.82, 2.24) is 0 Å². The van der Waals surface area contributed by atoms with Gasteiger partial charge in [-0.2, -0.15) is 37.9 Å². The van der Waals surface area contributed by atoms with Crippen LogP contribution in [0.1, 0.15) is 6.42 Å². The van der Waals surface area contributed by atoms with E-state index in [9.17, 15) is 45.0 Å². The minimum atomic E-state index is -2.46. The number of aliphatic hydroxyl groups is 3. The van der Waals surface area contributed by atoms with Crippen LogP contribution in [0.5, 0.6) is 0 Å². The quantitative estimate of drug-likeness (QED) is 0.185. The highest BCUT2D eigenvalue weighted by atomic mass is 32.1. The molecule has 0 heterocycles. The number of aliphatic hydroxyl groups excluding tert-OH is 3. The average molecular weight is 404 g/mol. The summed E-state index contributed by atoms with van der Waals surface area (Å²) in [6.07, 6.45) is -0.501. The normalized spacial score (nSPS) is 18.2. The van der Waals surface area contributed by atoms with E-state index < -0.39 is 70.7 Å². The van der Waals surface area contributed by atoms with Crippen LogP contribution in [0, 0.1) is 10.8 Å². The summed E-state index contributed by atoms with van der Waals surface area (Å²) in [6, 6.07) is 0. The highest BCUT2D eigenvalue weighted by Crippen LogP contribution is 2.55. The second kappa shape index (κ2) is 9.15. The number of rotatable bonds is 11. The molecule has 0 saturated heterocycles. The maximum Gasteiger partial charge on any atom is 0.317 e. The second-order valence-electron chi connectivity index (χ2n) is 5.23. The first-order chi connectivity index (χ1) is 11.0. The van der Waals surface area contributed by atoms with Gasteiger partial charge in [0.1, 0.15) is 15.7 Å². The summed E-state index contributed by atoms with van der Waals surface area (Å²) in [4.78, 5) is 34.6. The average Bonchev–Trinajstić information content (AvgIpc) is 2.53. The third kappa shape index (κ3) is 3.78. The lowest BCUT2D eigenvalue weighted by Crippen LogP contribution is -2.67. The standard InChI is InChI=1S/C12H20O9S3/c13-2-1-11(3-14,4-15)12(5(22)8(16)17,6(23)9(18)19)7(24)10(20)21/h5-7,13-15,22-24H,1-4H2,(H,16,17)(H,18,19)(H,20,21). The molecule has 12 heteroatoms. The van der Waals surface area contributed by atoms with Crippen LogP contribution < -0.4 is 0 Å². The molecule has 140 valence electrons. The second-order valence-corrected chi connectivity index (χ2v) is 6.77. The Morgan fingerprint density at radius 1 is 0.750 bits per heavy atom. The first-order valence-electron chi connectivity index (χ1n) is 6.55. The fraction of sp³-hybridized carbons (Fsp3) is 0.750. The smallest absolute Gasteiger partial charge is 0.317 e. The molecule has 0 aliphatic heterocycles. The molecule has 0 amide bonds. The van der Waals surface area contributed by atoms with Gasteiger partial charge in [-0.3, -0.25) is 14.4 Å². The Morgan fingerprint density at radius 3 is 1.21 bits per heavy atom. The third-order valence-corrected chi connectivity index (χ3v) is 6.12. The molecule has 0 saturated carbocycles. The van der Waals surface area contributed by atoms with Crippen LogP contribution in [0.4, 0.5) is 0 Å². The summed E-state index contributed by atoms with van der Waals surface area (Å²) in [5.74, 6) is -5.07. The van der Waals surface area contributed by atoms with Crippen LogP contribution in [-0.4, -0.2) is 84.1 Å². The van der Waals surface area contributed by atoms with Crippen molar-refractivity contribution in [3.05, 3.63) is 0 Å². The van der Waals surface area contributed by atoms with E-state index in [0.717, 1.165) is 0 Å². The molecule has 6 N–H and O–H groups in total. The van der Waals surface area contributed by atoms with Gasteiger partial charge in [-0.15, -0.1) is 0 Å². The van der Waals surface area contributed by atoms with E-state index in [1.807, 2.05) is 0 Å². The van der Waals surface area contributed by atoms with E-state index in [0.29, 0.717) is 0 Å². The van der Waals surface area contributed by atoms with Crippen molar-refractivity contribution in [2.45, 2.75) is 22.2 Å². The maximum absolute atomic E-state index is 11.5. The molecular weight excluding hydrogens is 384 g/mol. The Kier molecular flexibility index (Phi) is 8.90. The maximum atomic E-state index is 11.5. The van der Waals surface area contributed by atoms with E-state index in [-0.39, 0.29) is 0 Å². The molecule has 0 aromatic carbocycles. The van der Waals surface area contributed by atoms with Gasteiger partial charge >= 0.3 is 17.9 Å². The summed E-state index contributed by atoms with van der Waals surface area (Å²) in [5, 5.41) is 50.9. The van der Waals surface area contributed by atoms with Crippen LogP contribution in [-0.2, 0) is 14.4 Å². The van der Waals surface area contributed by atoms with Crippen molar-refractivity contribution in [1.29, 1.82) is 0 Å². The van der Waals surface area contributed by atoms with Crippen molar-refractivity contribution >= 4 is 55.8 Å². The first-order valence-corrected chi connectivity index (χ1v) is 8.10. The van der Waals surface area contributed by atoms with Gasteiger partial charge in [0, 0.05) is 17.4 Å². The Bertz CT molecular complexity index is 430. The molecule has 3 atom stereocenters. The fourth-order valence-electron chi connectivity index (χ4n) is 2.84. The van der Waals surface area contributed by atoms with Gasteiger partial charge in [-0.25, -0.2) is 0 Å². The Labute approximate surface area is 153 Å². The molecular formula is C12H20O9S3. The van der Waals surface area contributed by atoms with Crippen molar-refractivity contribution < 1.29 is 45.0 Å². The topological polar surface area (TPSA) is 173 Å². The lowest BCUT2D eigenvalue weighted by Gasteiger charge is -2.54. The van der Waals surface area contributed by atoms with Crippen molar-refractivity contribution in [3.63, 3.8) is 0 Å². The molecule has 0 fully saturated rings. The van der Waals surface area contributed by atoms with Crippen LogP contribution in [0.15, 0.2) is 0 Å². The number of carboxylic acid groups (broad SMARTS) is 3. The molecule has 0 bridgehead atoms. The van der Waals surface area contributed by atoms with Crippen LogP contribution in [0.2, 0.25) is 0 Å². The van der Waals surface area contributed by atoms with E-state index in [1.54, 1.807) is 0 Å².